The lowest BCUT2D eigenvalue weighted by Gasteiger charge is -2.34. The van der Waals surface area contributed by atoms with Gasteiger partial charge in [-0.05, 0) is 37.6 Å². The van der Waals surface area contributed by atoms with Gasteiger partial charge in [-0.15, -0.1) is 0 Å². The van der Waals surface area contributed by atoms with Crippen molar-refractivity contribution < 1.29 is 9.53 Å². The number of hydrogen-bond donors (Lipinski definition) is 1. The molecule has 1 fully saturated rings. The second-order valence-corrected chi connectivity index (χ2v) is 5.28. The van der Waals surface area contributed by atoms with Crippen molar-refractivity contribution >= 4 is 5.91 Å². The van der Waals surface area contributed by atoms with E-state index in [-0.39, 0.29) is 11.9 Å². The second kappa shape index (κ2) is 6.97. The summed E-state index contributed by atoms with van der Waals surface area (Å²) in [4.78, 5) is 13.6. The first-order chi connectivity index (χ1) is 8.06. The van der Waals surface area contributed by atoms with Crippen LogP contribution in [0.4, 0.5) is 0 Å². The van der Waals surface area contributed by atoms with Crippen molar-refractivity contribution in [2.24, 2.45) is 11.8 Å². The first-order valence-corrected chi connectivity index (χ1v) is 6.49. The van der Waals surface area contributed by atoms with Gasteiger partial charge in [0.15, 0.2) is 0 Å². The molecule has 1 aliphatic heterocycles. The SMILES string of the molecule is COCCC(C)C1CCNC(C(=O)N(C)C)C1. The van der Waals surface area contributed by atoms with Crippen LogP contribution in [0.2, 0.25) is 0 Å². The molecule has 1 rings (SSSR count). The first-order valence-electron chi connectivity index (χ1n) is 6.49. The second-order valence-electron chi connectivity index (χ2n) is 5.28. The topological polar surface area (TPSA) is 41.6 Å². The third-order valence-corrected chi connectivity index (χ3v) is 3.77. The Morgan fingerprint density at radius 2 is 2.24 bits per heavy atom. The molecule has 3 unspecified atom stereocenters. The number of piperidine rings is 1. The molecule has 0 aromatic carbocycles. The molecule has 0 bridgehead atoms. The summed E-state index contributed by atoms with van der Waals surface area (Å²) in [5.41, 5.74) is 0. The van der Waals surface area contributed by atoms with Gasteiger partial charge in [-0.3, -0.25) is 4.79 Å². The molecule has 1 heterocycles. The van der Waals surface area contributed by atoms with Crippen LogP contribution >= 0.6 is 0 Å². The maximum atomic E-state index is 11.9. The van der Waals surface area contributed by atoms with Crippen molar-refractivity contribution in [1.82, 2.24) is 10.2 Å². The summed E-state index contributed by atoms with van der Waals surface area (Å²) >= 11 is 0. The smallest absolute Gasteiger partial charge is 0.239 e. The largest absolute Gasteiger partial charge is 0.385 e. The minimum Gasteiger partial charge on any atom is -0.385 e. The normalized spacial score (nSPS) is 26.6. The van der Waals surface area contributed by atoms with Gasteiger partial charge >= 0.3 is 0 Å². The molecule has 4 heteroatoms. The van der Waals surface area contributed by atoms with Gasteiger partial charge in [-0.1, -0.05) is 6.92 Å². The number of hydrogen-bond acceptors (Lipinski definition) is 3. The summed E-state index contributed by atoms with van der Waals surface area (Å²) in [5, 5.41) is 3.32. The summed E-state index contributed by atoms with van der Waals surface area (Å²) in [6, 6.07) is 0.00810. The Hall–Kier alpha value is -0.610. The lowest BCUT2D eigenvalue weighted by Crippen LogP contribution is -2.49. The molecule has 0 aromatic rings. The maximum Gasteiger partial charge on any atom is 0.239 e. The number of amides is 1. The van der Waals surface area contributed by atoms with Gasteiger partial charge < -0.3 is 15.0 Å². The average Bonchev–Trinajstić information content (AvgIpc) is 2.35. The van der Waals surface area contributed by atoms with Crippen molar-refractivity contribution in [2.75, 3.05) is 34.4 Å². The predicted octanol–water partition coefficient (Wildman–Crippen LogP) is 1.12. The zero-order chi connectivity index (χ0) is 12.8. The van der Waals surface area contributed by atoms with Crippen LogP contribution < -0.4 is 5.32 Å². The minimum absolute atomic E-state index is 0.00810. The summed E-state index contributed by atoms with van der Waals surface area (Å²) in [5.74, 6) is 1.48. The van der Waals surface area contributed by atoms with Crippen LogP contribution in [0.5, 0.6) is 0 Å². The Morgan fingerprint density at radius 3 is 2.82 bits per heavy atom. The van der Waals surface area contributed by atoms with Crippen LogP contribution in [0.3, 0.4) is 0 Å². The van der Waals surface area contributed by atoms with Gasteiger partial charge in [0.2, 0.25) is 5.91 Å². The van der Waals surface area contributed by atoms with E-state index in [1.165, 1.54) is 6.42 Å². The lowest BCUT2D eigenvalue weighted by atomic mass is 9.81. The van der Waals surface area contributed by atoms with Gasteiger partial charge in [0.05, 0.1) is 6.04 Å². The molecule has 100 valence electrons. The lowest BCUT2D eigenvalue weighted by molar-refractivity contribution is -0.132. The summed E-state index contributed by atoms with van der Waals surface area (Å²) < 4.78 is 5.13. The van der Waals surface area contributed by atoms with E-state index in [0.29, 0.717) is 11.8 Å². The standard InChI is InChI=1S/C13H26N2O2/c1-10(6-8-17-4)11-5-7-14-12(9-11)13(16)15(2)3/h10-12,14H,5-9H2,1-4H3. The molecule has 0 aromatic heterocycles. The Balaban J connectivity index is 2.45. The van der Waals surface area contributed by atoms with Gasteiger partial charge in [-0.2, -0.15) is 0 Å². The quantitative estimate of drug-likeness (QED) is 0.785. The molecule has 0 saturated carbocycles. The van der Waals surface area contributed by atoms with E-state index in [1.54, 1.807) is 12.0 Å². The highest BCUT2D eigenvalue weighted by atomic mass is 16.5. The highest BCUT2D eigenvalue weighted by Crippen LogP contribution is 2.27. The molecule has 17 heavy (non-hydrogen) atoms. The summed E-state index contributed by atoms with van der Waals surface area (Å²) in [6.07, 6.45) is 3.22. The van der Waals surface area contributed by atoms with Gasteiger partial charge in [0.1, 0.15) is 0 Å². The molecule has 1 saturated heterocycles. The molecule has 0 aliphatic carbocycles. The van der Waals surface area contributed by atoms with Crippen molar-refractivity contribution in [1.29, 1.82) is 0 Å². The van der Waals surface area contributed by atoms with E-state index in [9.17, 15) is 4.79 Å². The molecular formula is C13H26N2O2. The zero-order valence-electron chi connectivity index (χ0n) is 11.5. The van der Waals surface area contributed by atoms with Gasteiger partial charge in [0.25, 0.3) is 0 Å². The van der Waals surface area contributed by atoms with Gasteiger partial charge in [-0.25, -0.2) is 0 Å². The summed E-state index contributed by atoms with van der Waals surface area (Å²) in [7, 11) is 5.39. The number of ether oxygens (including phenoxy) is 1. The fourth-order valence-electron chi connectivity index (χ4n) is 2.50. The van der Waals surface area contributed by atoms with Crippen molar-refractivity contribution in [2.45, 2.75) is 32.2 Å². The Kier molecular flexibility index (Phi) is 5.92. The van der Waals surface area contributed by atoms with Crippen LogP contribution in [0.25, 0.3) is 0 Å². The van der Waals surface area contributed by atoms with E-state index >= 15 is 0 Å². The molecule has 1 N–H and O–H groups in total. The zero-order valence-corrected chi connectivity index (χ0v) is 11.5. The van der Waals surface area contributed by atoms with E-state index < -0.39 is 0 Å². The van der Waals surface area contributed by atoms with Crippen LogP contribution in [0.1, 0.15) is 26.2 Å². The predicted molar refractivity (Wildman–Crippen MR) is 68.9 cm³/mol. The van der Waals surface area contributed by atoms with E-state index in [2.05, 4.69) is 12.2 Å². The summed E-state index contributed by atoms with van der Waals surface area (Å²) in [6.45, 7) is 4.04. The Bertz CT molecular complexity index is 244. The van der Waals surface area contributed by atoms with Crippen LogP contribution in [0, 0.1) is 11.8 Å². The number of rotatable bonds is 5. The van der Waals surface area contributed by atoms with Gasteiger partial charge in [0, 0.05) is 27.8 Å². The molecule has 0 spiro atoms. The molecule has 0 radical (unpaired) electrons. The third kappa shape index (κ3) is 4.28. The monoisotopic (exact) mass is 242 g/mol. The van der Waals surface area contributed by atoms with Crippen LogP contribution in [0.15, 0.2) is 0 Å². The number of likely N-dealkylation sites (N-methyl/N-ethyl adjacent to an activating group) is 1. The number of methoxy groups -OCH3 is 1. The molecule has 1 aliphatic rings. The molecular weight excluding hydrogens is 216 g/mol. The third-order valence-electron chi connectivity index (χ3n) is 3.77. The number of carbonyl (C=O) groups excluding carboxylic acids is 1. The van der Waals surface area contributed by atoms with E-state index in [0.717, 1.165) is 26.0 Å². The first kappa shape index (κ1) is 14.5. The minimum atomic E-state index is 0.00810. The number of nitrogens with zero attached hydrogens (tertiary/aromatic N) is 1. The fourth-order valence-corrected chi connectivity index (χ4v) is 2.50. The Morgan fingerprint density at radius 1 is 1.53 bits per heavy atom. The molecule has 3 atom stereocenters. The van der Waals surface area contributed by atoms with Crippen LogP contribution in [-0.2, 0) is 9.53 Å². The van der Waals surface area contributed by atoms with Crippen LogP contribution in [-0.4, -0.2) is 51.2 Å². The van der Waals surface area contributed by atoms with Crippen molar-refractivity contribution in [3.8, 4) is 0 Å². The fraction of sp³-hybridized carbons (Fsp3) is 0.923. The Labute approximate surface area is 105 Å². The highest BCUT2D eigenvalue weighted by Gasteiger charge is 2.30. The number of nitrogens with one attached hydrogen (secondary N) is 1. The highest BCUT2D eigenvalue weighted by molar-refractivity contribution is 5.81. The number of carbonyl (C=O) groups is 1. The molecule has 1 amide bonds. The molecule has 4 nitrogen and oxygen atoms in total. The maximum absolute atomic E-state index is 11.9. The average molecular weight is 242 g/mol. The van der Waals surface area contributed by atoms with Crippen molar-refractivity contribution in [3.05, 3.63) is 0 Å². The van der Waals surface area contributed by atoms with Crippen molar-refractivity contribution in [3.63, 3.8) is 0 Å². The van der Waals surface area contributed by atoms with E-state index in [4.69, 9.17) is 4.74 Å². The van der Waals surface area contributed by atoms with E-state index in [1.807, 2.05) is 14.1 Å².